The number of hydrogen-bond acceptors (Lipinski definition) is 2. The molecule has 1 atom stereocenters. The molecule has 2 heteroatoms. The Balaban J connectivity index is 1.28. The smallest absolute Gasteiger partial charge is 0.0389 e. The molecule has 0 spiro atoms. The molecule has 1 heterocycles. The Hall–Kier alpha value is -1.02. The molecular weight excluding hydrogens is 280 g/mol. The van der Waals surface area contributed by atoms with E-state index in [-0.39, 0.29) is 0 Å². The lowest BCUT2D eigenvalue weighted by Gasteiger charge is -2.58. The molecule has 4 bridgehead atoms. The lowest BCUT2D eigenvalue weighted by Crippen LogP contribution is -2.59. The minimum Gasteiger partial charge on any atom is -0.381 e. The van der Waals surface area contributed by atoms with Crippen molar-refractivity contribution < 1.29 is 0 Å². The van der Waals surface area contributed by atoms with Gasteiger partial charge in [-0.2, -0.15) is 0 Å². The second-order valence-corrected chi connectivity index (χ2v) is 8.77. The quantitative estimate of drug-likeness (QED) is 0.891. The standard InChI is InChI=1S/C21H30N2/c1-2-5-19(6-3-1)22-20-7-4-8-23(14-20)21-17-10-15-9-16(12-17)13-18(21)11-15/h1-3,5-6,15-18,20-22H,4,7-14H2/t15?,16?,17?,18?,20-,21?/m1/s1. The Labute approximate surface area is 140 Å². The van der Waals surface area contributed by atoms with E-state index in [1.165, 1.54) is 31.6 Å². The maximum atomic E-state index is 3.79. The number of benzene rings is 1. The van der Waals surface area contributed by atoms with Crippen molar-refractivity contribution in [2.24, 2.45) is 23.7 Å². The zero-order valence-electron chi connectivity index (χ0n) is 14.2. The Morgan fingerprint density at radius 3 is 2.26 bits per heavy atom. The fraction of sp³-hybridized carbons (Fsp3) is 0.714. The van der Waals surface area contributed by atoms with Crippen LogP contribution in [0.3, 0.4) is 0 Å². The molecule has 5 fully saturated rings. The predicted octanol–water partition coefficient (Wildman–Crippen LogP) is 4.39. The van der Waals surface area contributed by atoms with Crippen molar-refractivity contribution in [3.05, 3.63) is 30.3 Å². The van der Waals surface area contributed by atoms with Crippen molar-refractivity contribution in [1.82, 2.24) is 4.90 Å². The lowest BCUT2D eigenvalue weighted by molar-refractivity contribution is -0.0710. The molecule has 1 aromatic rings. The van der Waals surface area contributed by atoms with Crippen LogP contribution in [0.15, 0.2) is 30.3 Å². The normalized spacial score (nSPS) is 42.8. The van der Waals surface area contributed by atoms with Crippen molar-refractivity contribution in [1.29, 1.82) is 0 Å². The van der Waals surface area contributed by atoms with Gasteiger partial charge < -0.3 is 5.32 Å². The van der Waals surface area contributed by atoms with E-state index in [9.17, 15) is 0 Å². The summed E-state index contributed by atoms with van der Waals surface area (Å²) in [5.74, 6) is 4.25. The number of rotatable bonds is 3. The van der Waals surface area contributed by atoms with E-state index in [4.69, 9.17) is 0 Å². The molecular formula is C21H30N2. The number of nitrogens with one attached hydrogen (secondary N) is 1. The molecule has 23 heavy (non-hydrogen) atoms. The van der Waals surface area contributed by atoms with Crippen LogP contribution in [0.5, 0.6) is 0 Å². The molecule has 0 radical (unpaired) electrons. The molecule has 0 aromatic heterocycles. The second-order valence-electron chi connectivity index (χ2n) is 8.77. The van der Waals surface area contributed by atoms with Gasteiger partial charge >= 0.3 is 0 Å². The van der Waals surface area contributed by atoms with Crippen molar-refractivity contribution in [2.75, 3.05) is 18.4 Å². The van der Waals surface area contributed by atoms with Gasteiger partial charge in [-0.05, 0) is 87.3 Å². The largest absolute Gasteiger partial charge is 0.381 e. The van der Waals surface area contributed by atoms with E-state index in [1.54, 1.807) is 32.1 Å². The van der Waals surface area contributed by atoms with E-state index in [0.717, 1.165) is 29.7 Å². The van der Waals surface area contributed by atoms with Crippen LogP contribution in [0.4, 0.5) is 5.69 Å². The van der Waals surface area contributed by atoms with E-state index in [0.29, 0.717) is 6.04 Å². The average molecular weight is 310 g/mol. The Morgan fingerprint density at radius 2 is 1.57 bits per heavy atom. The lowest BCUT2D eigenvalue weighted by atomic mass is 9.53. The zero-order valence-corrected chi connectivity index (χ0v) is 14.2. The van der Waals surface area contributed by atoms with Gasteiger partial charge in [-0.3, -0.25) is 4.90 Å². The molecule has 6 rings (SSSR count). The van der Waals surface area contributed by atoms with Crippen LogP contribution in [0.25, 0.3) is 0 Å². The van der Waals surface area contributed by atoms with Crippen LogP contribution in [-0.4, -0.2) is 30.1 Å². The van der Waals surface area contributed by atoms with Crippen LogP contribution in [0.1, 0.15) is 44.9 Å². The molecule has 1 N–H and O–H groups in total. The van der Waals surface area contributed by atoms with E-state index in [1.807, 2.05) is 0 Å². The summed E-state index contributed by atoms with van der Waals surface area (Å²) < 4.78 is 0. The SMILES string of the molecule is c1ccc(N[C@@H]2CCCN(C3C4CC5CC(C4)CC3C5)C2)cc1. The van der Waals surface area contributed by atoms with Crippen molar-refractivity contribution in [3.63, 3.8) is 0 Å². The third-order valence-corrected chi connectivity index (χ3v) is 7.20. The topological polar surface area (TPSA) is 15.3 Å². The highest BCUT2D eigenvalue weighted by atomic mass is 15.2. The maximum Gasteiger partial charge on any atom is 0.0389 e. The highest BCUT2D eigenvalue weighted by Crippen LogP contribution is 2.55. The van der Waals surface area contributed by atoms with Crippen molar-refractivity contribution in [2.45, 2.75) is 57.0 Å². The second kappa shape index (κ2) is 5.81. The van der Waals surface area contributed by atoms with Gasteiger partial charge in [-0.1, -0.05) is 18.2 Å². The van der Waals surface area contributed by atoms with Crippen molar-refractivity contribution in [3.8, 4) is 0 Å². The van der Waals surface area contributed by atoms with Gasteiger partial charge in [0, 0.05) is 24.3 Å². The Kier molecular flexibility index (Phi) is 3.62. The number of hydrogen-bond donors (Lipinski definition) is 1. The highest BCUT2D eigenvalue weighted by Gasteiger charge is 2.50. The Bertz CT molecular complexity index is 512. The molecule has 0 amide bonds. The molecule has 1 aromatic carbocycles. The third kappa shape index (κ3) is 2.69. The Morgan fingerprint density at radius 1 is 0.870 bits per heavy atom. The van der Waals surface area contributed by atoms with Crippen LogP contribution >= 0.6 is 0 Å². The zero-order chi connectivity index (χ0) is 15.2. The minimum absolute atomic E-state index is 0.642. The first-order chi connectivity index (χ1) is 11.3. The maximum absolute atomic E-state index is 3.79. The van der Waals surface area contributed by atoms with Gasteiger partial charge in [-0.15, -0.1) is 0 Å². The van der Waals surface area contributed by atoms with Crippen LogP contribution < -0.4 is 5.32 Å². The van der Waals surface area contributed by atoms with Crippen LogP contribution in [0, 0.1) is 23.7 Å². The molecule has 124 valence electrons. The number of anilines is 1. The van der Waals surface area contributed by atoms with Crippen LogP contribution in [0.2, 0.25) is 0 Å². The van der Waals surface area contributed by atoms with E-state index in [2.05, 4.69) is 40.5 Å². The number of nitrogens with zero attached hydrogens (tertiary/aromatic N) is 1. The predicted molar refractivity (Wildman–Crippen MR) is 95.5 cm³/mol. The van der Waals surface area contributed by atoms with E-state index >= 15 is 0 Å². The highest BCUT2D eigenvalue weighted by molar-refractivity contribution is 5.43. The van der Waals surface area contributed by atoms with E-state index < -0.39 is 0 Å². The number of likely N-dealkylation sites (tertiary alicyclic amines) is 1. The molecule has 1 aliphatic heterocycles. The first kappa shape index (κ1) is 14.3. The third-order valence-electron chi connectivity index (χ3n) is 7.20. The van der Waals surface area contributed by atoms with Crippen LogP contribution in [-0.2, 0) is 0 Å². The fourth-order valence-corrected chi connectivity index (χ4v) is 6.66. The first-order valence-electron chi connectivity index (χ1n) is 9.91. The summed E-state index contributed by atoms with van der Waals surface area (Å²) in [6.45, 7) is 2.61. The summed E-state index contributed by atoms with van der Waals surface area (Å²) in [6, 6.07) is 12.4. The van der Waals surface area contributed by atoms with Gasteiger partial charge in [0.25, 0.3) is 0 Å². The molecule has 5 aliphatic rings. The summed E-state index contributed by atoms with van der Waals surface area (Å²) >= 11 is 0. The monoisotopic (exact) mass is 310 g/mol. The minimum atomic E-state index is 0.642. The first-order valence-corrected chi connectivity index (χ1v) is 9.91. The van der Waals surface area contributed by atoms with Gasteiger partial charge in [-0.25, -0.2) is 0 Å². The molecule has 4 saturated carbocycles. The average Bonchev–Trinajstić information content (AvgIpc) is 2.55. The summed E-state index contributed by atoms with van der Waals surface area (Å²) in [5, 5.41) is 3.79. The van der Waals surface area contributed by atoms with Gasteiger partial charge in [0.15, 0.2) is 0 Å². The molecule has 4 aliphatic carbocycles. The summed E-state index contributed by atoms with van der Waals surface area (Å²) in [5.41, 5.74) is 1.30. The fourth-order valence-electron chi connectivity index (χ4n) is 6.66. The van der Waals surface area contributed by atoms with Crippen molar-refractivity contribution >= 4 is 5.69 Å². The van der Waals surface area contributed by atoms with Gasteiger partial charge in [0.1, 0.15) is 0 Å². The summed E-state index contributed by atoms with van der Waals surface area (Å²) in [4.78, 5) is 2.90. The number of para-hydroxylation sites is 1. The molecule has 2 nitrogen and oxygen atoms in total. The number of piperidine rings is 1. The molecule has 1 saturated heterocycles. The summed E-state index contributed by atoms with van der Waals surface area (Å²) in [7, 11) is 0. The molecule has 0 unspecified atom stereocenters. The van der Waals surface area contributed by atoms with Gasteiger partial charge in [0.2, 0.25) is 0 Å². The summed E-state index contributed by atoms with van der Waals surface area (Å²) in [6.07, 6.45) is 10.5. The van der Waals surface area contributed by atoms with Gasteiger partial charge in [0.05, 0.1) is 0 Å².